The monoisotopic (exact) mass is 292 g/mol. The molecule has 1 saturated heterocycles. The van der Waals surface area contributed by atoms with Crippen molar-refractivity contribution >= 4 is 0 Å². The average molecular weight is 292 g/mol. The Morgan fingerprint density at radius 2 is 2.24 bits per heavy atom. The third-order valence-electron chi connectivity index (χ3n) is 4.37. The molecule has 0 amide bonds. The zero-order valence-corrected chi connectivity index (χ0v) is 12.5. The molecule has 0 bridgehead atoms. The zero-order valence-electron chi connectivity index (χ0n) is 12.5. The average Bonchev–Trinajstić information content (AvgIpc) is 3.14. The second kappa shape index (κ2) is 6.64. The quantitative estimate of drug-likeness (QED) is 0.829. The molecule has 0 aliphatic carbocycles. The molecular weight excluding hydrogens is 268 g/mol. The summed E-state index contributed by atoms with van der Waals surface area (Å²) in [5, 5.41) is 13.6. The number of aliphatic hydroxyl groups excluding tert-OH is 1. The highest BCUT2D eigenvalue weighted by atomic mass is 16.7. The molecule has 2 atom stereocenters. The van der Waals surface area contributed by atoms with E-state index in [0.717, 1.165) is 30.2 Å². The summed E-state index contributed by atoms with van der Waals surface area (Å²) in [7, 11) is 0. The van der Waals surface area contributed by atoms with Crippen LogP contribution in [0, 0.1) is 5.92 Å². The molecule has 2 N–H and O–H groups in total. The summed E-state index contributed by atoms with van der Waals surface area (Å²) in [5.41, 5.74) is 0.869. The van der Waals surface area contributed by atoms with Crippen LogP contribution in [-0.2, 0) is 0 Å². The van der Waals surface area contributed by atoms with Crippen LogP contribution >= 0.6 is 0 Å². The van der Waals surface area contributed by atoms with Gasteiger partial charge in [0.2, 0.25) is 6.79 Å². The molecule has 2 unspecified atom stereocenters. The lowest BCUT2D eigenvalue weighted by Crippen LogP contribution is -2.29. The van der Waals surface area contributed by atoms with Crippen LogP contribution in [0.25, 0.3) is 0 Å². The van der Waals surface area contributed by atoms with Crippen molar-refractivity contribution < 1.29 is 14.6 Å². The van der Waals surface area contributed by atoms with Gasteiger partial charge in [-0.1, -0.05) is 13.0 Å². The number of hydrogen-bond acceptors (Lipinski definition) is 5. The standard InChI is InChI=1S/C16H24N2O3/c1-2-18-6-5-12(10-18)8-17-9-14(19)13-3-4-15-16(7-13)21-11-20-15/h3-4,7,12,14,17,19H,2,5-6,8-11H2,1H3. The molecule has 5 heteroatoms. The van der Waals surface area contributed by atoms with E-state index in [1.807, 2.05) is 18.2 Å². The smallest absolute Gasteiger partial charge is 0.231 e. The molecule has 1 aromatic carbocycles. The van der Waals surface area contributed by atoms with Crippen LogP contribution < -0.4 is 14.8 Å². The number of fused-ring (bicyclic) bond motifs is 1. The van der Waals surface area contributed by atoms with Crippen LogP contribution in [-0.4, -0.2) is 49.5 Å². The molecule has 2 heterocycles. The Hall–Kier alpha value is -1.30. The summed E-state index contributed by atoms with van der Waals surface area (Å²) in [4.78, 5) is 2.47. The van der Waals surface area contributed by atoms with E-state index in [4.69, 9.17) is 9.47 Å². The highest BCUT2D eigenvalue weighted by Crippen LogP contribution is 2.34. The fraction of sp³-hybridized carbons (Fsp3) is 0.625. The van der Waals surface area contributed by atoms with Crippen LogP contribution in [0.15, 0.2) is 18.2 Å². The zero-order chi connectivity index (χ0) is 14.7. The van der Waals surface area contributed by atoms with Crippen LogP contribution in [0.5, 0.6) is 11.5 Å². The molecule has 5 nitrogen and oxygen atoms in total. The number of hydrogen-bond donors (Lipinski definition) is 2. The number of nitrogens with one attached hydrogen (secondary N) is 1. The Morgan fingerprint density at radius 3 is 3.05 bits per heavy atom. The second-order valence-electron chi connectivity index (χ2n) is 5.83. The number of benzene rings is 1. The van der Waals surface area contributed by atoms with Crippen molar-refractivity contribution in [3.8, 4) is 11.5 Å². The minimum Gasteiger partial charge on any atom is -0.454 e. The molecule has 0 radical (unpaired) electrons. The van der Waals surface area contributed by atoms with Crippen LogP contribution in [0.4, 0.5) is 0 Å². The number of rotatable bonds is 6. The third kappa shape index (κ3) is 3.48. The largest absolute Gasteiger partial charge is 0.454 e. The fourth-order valence-corrected chi connectivity index (χ4v) is 3.03. The van der Waals surface area contributed by atoms with Gasteiger partial charge in [-0.2, -0.15) is 0 Å². The van der Waals surface area contributed by atoms with Crippen molar-refractivity contribution in [1.82, 2.24) is 10.2 Å². The minimum absolute atomic E-state index is 0.267. The topological polar surface area (TPSA) is 54.0 Å². The Balaban J connectivity index is 1.45. The predicted molar refractivity (Wildman–Crippen MR) is 80.6 cm³/mol. The van der Waals surface area contributed by atoms with Crippen LogP contribution in [0.2, 0.25) is 0 Å². The van der Waals surface area contributed by atoms with E-state index in [-0.39, 0.29) is 6.79 Å². The lowest BCUT2D eigenvalue weighted by molar-refractivity contribution is 0.169. The van der Waals surface area contributed by atoms with Gasteiger partial charge in [0.15, 0.2) is 11.5 Å². The van der Waals surface area contributed by atoms with Gasteiger partial charge in [0.25, 0.3) is 0 Å². The number of likely N-dealkylation sites (tertiary alicyclic amines) is 1. The van der Waals surface area contributed by atoms with Gasteiger partial charge in [0, 0.05) is 13.1 Å². The van der Waals surface area contributed by atoms with Crippen molar-refractivity contribution in [3.05, 3.63) is 23.8 Å². The van der Waals surface area contributed by atoms with E-state index in [2.05, 4.69) is 17.1 Å². The van der Waals surface area contributed by atoms with Gasteiger partial charge in [0.05, 0.1) is 6.10 Å². The molecule has 3 rings (SSSR count). The van der Waals surface area contributed by atoms with E-state index in [1.165, 1.54) is 19.5 Å². The molecule has 0 spiro atoms. The van der Waals surface area contributed by atoms with Gasteiger partial charge in [-0.3, -0.25) is 0 Å². The lowest BCUT2D eigenvalue weighted by atomic mass is 10.1. The maximum atomic E-state index is 10.3. The molecule has 1 aromatic rings. The van der Waals surface area contributed by atoms with Gasteiger partial charge in [-0.25, -0.2) is 0 Å². The van der Waals surface area contributed by atoms with Gasteiger partial charge < -0.3 is 24.8 Å². The summed E-state index contributed by atoms with van der Waals surface area (Å²) in [6.07, 6.45) is 0.740. The molecule has 0 aromatic heterocycles. The third-order valence-corrected chi connectivity index (χ3v) is 4.37. The summed E-state index contributed by atoms with van der Waals surface area (Å²) >= 11 is 0. The second-order valence-corrected chi connectivity index (χ2v) is 5.83. The SMILES string of the molecule is CCN1CCC(CNCC(O)c2ccc3c(c2)OCO3)C1. The van der Waals surface area contributed by atoms with Crippen molar-refractivity contribution in [3.63, 3.8) is 0 Å². The summed E-state index contributed by atoms with van der Waals surface area (Å²) < 4.78 is 10.6. The Kier molecular flexibility index (Phi) is 4.63. The number of nitrogens with zero attached hydrogens (tertiary/aromatic N) is 1. The van der Waals surface area contributed by atoms with Crippen molar-refractivity contribution in [2.75, 3.05) is 39.5 Å². The van der Waals surface area contributed by atoms with E-state index in [9.17, 15) is 5.11 Å². The molecule has 1 fully saturated rings. The number of ether oxygens (including phenoxy) is 2. The summed E-state index contributed by atoms with van der Waals surface area (Å²) in [6, 6.07) is 5.62. The van der Waals surface area contributed by atoms with Gasteiger partial charge in [0.1, 0.15) is 0 Å². The van der Waals surface area contributed by atoms with Crippen molar-refractivity contribution in [2.24, 2.45) is 5.92 Å². The molecule has 2 aliphatic heterocycles. The lowest BCUT2D eigenvalue weighted by Gasteiger charge is -2.16. The molecular formula is C16H24N2O3. The fourth-order valence-electron chi connectivity index (χ4n) is 3.03. The first kappa shape index (κ1) is 14.6. The Labute approximate surface area is 125 Å². The van der Waals surface area contributed by atoms with Crippen molar-refractivity contribution in [2.45, 2.75) is 19.4 Å². The Morgan fingerprint density at radius 1 is 1.38 bits per heavy atom. The van der Waals surface area contributed by atoms with Gasteiger partial charge in [-0.15, -0.1) is 0 Å². The van der Waals surface area contributed by atoms with Crippen LogP contribution in [0.1, 0.15) is 25.0 Å². The highest BCUT2D eigenvalue weighted by Gasteiger charge is 2.21. The highest BCUT2D eigenvalue weighted by molar-refractivity contribution is 5.45. The van der Waals surface area contributed by atoms with E-state index >= 15 is 0 Å². The van der Waals surface area contributed by atoms with E-state index in [0.29, 0.717) is 12.5 Å². The van der Waals surface area contributed by atoms with Gasteiger partial charge >= 0.3 is 0 Å². The first-order valence-electron chi connectivity index (χ1n) is 7.77. The first-order valence-corrected chi connectivity index (χ1v) is 7.77. The molecule has 0 saturated carbocycles. The maximum absolute atomic E-state index is 10.3. The summed E-state index contributed by atoms with van der Waals surface area (Å²) in [6.45, 7) is 7.52. The summed E-state index contributed by atoms with van der Waals surface area (Å²) in [5.74, 6) is 2.18. The number of aliphatic hydroxyl groups is 1. The Bertz CT molecular complexity index is 481. The molecule has 2 aliphatic rings. The van der Waals surface area contributed by atoms with Crippen LogP contribution in [0.3, 0.4) is 0 Å². The minimum atomic E-state index is -0.511. The molecule has 116 valence electrons. The van der Waals surface area contributed by atoms with E-state index < -0.39 is 6.10 Å². The maximum Gasteiger partial charge on any atom is 0.231 e. The van der Waals surface area contributed by atoms with Gasteiger partial charge in [-0.05, 0) is 49.7 Å². The normalized spacial score (nSPS) is 22.7. The first-order chi connectivity index (χ1) is 10.3. The predicted octanol–water partition coefficient (Wildman–Crippen LogP) is 1.38. The molecule has 21 heavy (non-hydrogen) atoms. The van der Waals surface area contributed by atoms with E-state index in [1.54, 1.807) is 0 Å². The van der Waals surface area contributed by atoms with Crippen molar-refractivity contribution in [1.29, 1.82) is 0 Å².